The monoisotopic (exact) mass is 237 g/mol. The van der Waals surface area contributed by atoms with Crippen LogP contribution in [0.4, 0.5) is 0 Å². The van der Waals surface area contributed by atoms with Crippen molar-refractivity contribution >= 4 is 28.5 Å². The maximum Gasteiger partial charge on any atom is 0.325 e. The minimum absolute atomic E-state index is 0.196. The standard InChI is InChI=1S/C12H12ClNO2/c1-2-16-11(15)8-14-7-6-9-4-3-5-10(13)12(9)14/h3-7H,2,8H2,1H3. The highest BCUT2D eigenvalue weighted by Crippen LogP contribution is 2.24. The zero-order valence-corrected chi connectivity index (χ0v) is 9.70. The van der Waals surface area contributed by atoms with Crippen LogP contribution in [0, 0.1) is 0 Å². The van der Waals surface area contributed by atoms with Gasteiger partial charge in [-0.15, -0.1) is 0 Å². The number of carbonyl (C=O) groups is 1. The summed E-state index contributed by atoms with van der Waals surface area (Å²) in [6, 6.07) is 7.59. The van der Waals surface area contributed by atoms with Gasteiger partial charge in [0.15, 0.2) is 0 Å². The van der Waals surface area contributed by atoms with Crippen LogP contribution in [-0.2, 0) is 16.1 Å². The number of esters is 1. The number of hydrogen-bond donors (Lipinski definition) is 0. The molecule has 0 aliphatic rings. The van der Waals surface area contributed by atoms with Crippen molar-refractivity contribution in [1.29, 1.82) is 0 Å². The van der Waals surface area contributed by atoms with Gasteiger partial charge in [-0.25, -0.2) is 0 Å². The van der Waals surface area contributed by atoms with Crippen molar-refractivity contribution in [2.24, 2.45) is 0 Å². The van der Waals surface area contributed by atoms with Crippen molar-refractivity contribution in [3.8, 4) is 0 Å². The van der Waals surface area contributed by atoms with Crippen LogP contribution in [0.1, 0.15) is 6.92 Å². The number of nitrogens with zero attached hydrogens (tertiary/aromatic N) is 1. The van der Waals surface area contributed by atoms with Crippen molar-refractivity contribution in [2.75, 3.05) is 6.61 Å². The van der Waals surface area contributed by atoms with Gasteiger partial charge in [-0.2, -0.15) is 0 Å². The quantitative estimate of drug-likeness (QED) is 0.769. The van der Waals surface area contributed by atoms with E-state index in [0.29, 0.717) is 11.6 Å². The van der Waals surface area contributed by atoms with Crippen LogP contribution in [-0.4, -0.2) is 17.1 Å². The third kappa shape index (κ3) is 2.04. The number of halogens is 1. The Kier molecular flexibility index (Phi) is 3.15. The molecule has 0 saturated heterocycles. The Morgan fingerprint density at radius 3 is 3.00 bits per heavy atom. The summed E-state index contributed by atoms with van der Waals surface area (Å²) in [5.41, 5.74) is 0.872. The molecule has 0 fully saturated rings. The van der Waals surface area contributed by atoms with Crippen molar-refractivity contribution in [3.05, 3.63) is 35.5 Å². The second-order valence-corrected chi connectivity index (χ2v) is 3.83. The lowest BCUT2D eigenvalue weighted by Gasteiger charge is -2.05. The summed E-state index contributed by atoms with van der Waals surface area (Å²) in [7, 11) is 0. The van der Waals surface area contributed by atoms with Crippen LogP contribution < -0.4 is 0 Å². The third-order valence-electron chi connectivity index (χ3n) is 2.34. The molecule has 0 bridgehead atoms. The van der Waals surface area contributed by atoms with Crippen molar-refractivity contribution in [2.45, 2.75) is 13.5 Å². The largest absolute Gasteiger partial charge is 0.465 e. The molecule has 4 heteroatoms. The van der Waals surface area contributed by atoms with Gasteiger partial charge >= 0.3 is 5.97 Å². The molecule has 16 heavy (non-hydrogen) atoms. The summed E-state index contributed by atoms with van der Waals surface area (Å²) in [6.07, 6.45) is 1.84. The summed E-state index contributed by atoms with van der Waals surface area (Å²) >= 11 is 6.09. The van der Waals surface area contributed by atoms with Gasteiger partial charge < -0.3 is 9.30 Å². The van der Waals surface area contributed by atoms with Crippen LogP contribution >= 0.6 is 11.6 Å². The van der Waals surface area contributed by atoms with E-state index in [1.165, 1.54) is 0 Å². The molecule has 3 nitrogen and oxygen atoms in total. The molecule has 2 aromatic rings. The molecule has 0 radical (unpaired) electrons. The van der Waals surface area contributed by atoms with Gasteiger partial charge in [-0.3, -0.25) is 4.79 Å². The number of carbonyl (C=O) groups excluding carboxylic acids is 1. The average Bonchev–Trinajstić information content (AvgIpc) is 2.63. The minimum Gasteiger partial charge on any atom is -0.465 e. The zero-order valence-electron chi connectivity index (χ0n) is 8.94. The highest BCUT2D eigenvalue weighted by molar-refractivity contribution is 6.35. The summed E-state index contributed by atoms with van der Waals surface area (Å²) < 4.78 is 6.70. The third-order valence-corrected chi connectivity index (χ3v) is 2.65. The maximum absolute atomic E-state index is 11.4. The number of fused-ring (bicyclic) bond motifs is 1. The number of benzene rings is 1. The van der Waals surface area contributed by atoms with E-state index in [1.807, 2.05) is 30.5 Å². The average molecular weight is 238 g/mol. The number of para-hydroxylation sites is 1. The zero-order chi connectivity index (χ0) is 11.5. The second-order valence-electron chi connectivity index (χ2n) is 3.43. The normalized spacial score (nSPS) is 10.6. The number of aromatic nitrogens is 1. The first-order valence-corrected chi connectivity index (χ1v) is 5.49. The smallest absolute Gasteiger partial charge is 0.325 e. The molecular weight excluding hydrogens is 226 g/mol. The first kappa shape index (κ1) is 11.0. The number of rotatable bonds is 3. The minimum atomic E-state index is -0.250. The van der Waals surface area contributed by atoms with E-state index in [0.717, 1.165) is 10.9 Å². The number of hydrogen-bond acceptors (Lipinski definition) is 2. The molecule has 0 atom stereocenters. The molecule has 1 aromatic carbocycles. The van der Waals surface area contributed by atoms with Gasteiger partial charge in [-0.1, -0.05) is 23.7 Å². The van der Waals surface area contributed by atoms with Crippen LogP contribution in [0.3, 0.4) is 0 Å². The second kappa shape index (κ2) is 4.58. The molecule has 0 N–H and O–H groups in total. The fraction of sp³-hybridized carbons (Fsp3) is 0.250. The van der Waals surface area contributed by atoms with E-state index in [-0.39, 0.29) is 12.5 Å². The van der Waals surface area contributed by atoms with Crippen molar-refractivity contribution < 1.29 is 9.53 Å². The Balaban J connectivity index is 2.34. The van der Waals surface area contributed by atoms with Crippen LogP contribution in [0.5, 0.6) is 0 Å². The Hall–Kier alpha value is -1.48. The summed E-state index contributed by atoms with van der Waals surface area (Å²) in [5, 5.41) is 1.67. The Morgan fingerprint density at radius 1 is 1.44 bits per heavy atom. The van der Waals surface area contributed by atoms with Crippen LogP contribution in [0.2, 0.25) is 5.02 Å². The molecule has 84 valence electrons. The Labute approximate surface area is 98.6 Å². The Morgan fingerprint density at radius 2 is 2.25 bits per heavy atom. The van der Waals surface area contributed by atoms with Gasteiger partial charge in [0.25, 0.3) is 0 Å². The molecule has 0 aliphatic carbocycles. The van der Waals surface area contributed by atoms with E-state index in [9.17, 15) is 4.79 Å². The fourth-order valence-corrected chi connectivity index (χ4v) is 1.98. The molecule has 0 unspecified atom stereocenters. The first-order chi connectivity index (χ1) is 7.72. The van der Waals surface area contributed by atoms with Gasteiger partial charge in [0, 0.05) is 11.6 Å². The molecule has 0 saturated carbocycles. The predicted molar refractivity (Wildman–Crippen MR) is 63.6 cm³/mol. The fourth-order valence-electron chi connectivity index (χ4n) is 1.69. The van der Waals surface area contributed by atoms with Crippen LogP contribution in [0.25, 0.3) is 10.9 Å². The lowest BCUT2D eigenvalue weighted by molar-refractivity contribution is -0.143. The van der Waals surface area contributed by atoms with E-state index in [4.69, 9.17) is 16.3 Å². The van der Waals surface area contributed by atoms with Crippen molar-refractivity contribution in [3.63, 3.8) is 0 Å². The van der Waals surface area contributed by atoms with Gasteiger partial charge in [0.2, 0.25) is 0 Å². The molecule has 2 rings (SSSR count). The SMILES string of the molecule is CCOC(=O)Cn1ccc2cccc(Cl)c21. The van der Waals surface area contributed by atoms with E-state index >= 15 is 0 Å². The lowest BCUT2D eigenvalue weighted by atomic mass is 10.2. The highest BCUT2D eigenvalue weighted by atomic mass is 35.5. The van der Waals surface area contributed by atoms with E-state index in [1.54, 1.807) is 11.5 Å². The van der Waals surface area contributed by atoms with Crippen molar-refractivity contribution in [1.82, 2.24) is 4.57 Å². The van der Waals surface area contributed by atoms with E-state index in [2.05, 4.69) is 0 Å². The van der Waals surface area contributed by atoms with Gasteiger partial charge in [-0.05, 0) is 19.1 Å². The number of ether oxygens (including phenoxy) is 1. The maximum atomic E-state index is 11.4. The summed E-state index contributed by atoms with van der Waals surface area (Å²) in [6.45, 7) is 2.38. The summed E-state index contributed by atoms with van der Waals surface area (Å²) in [5.74, 6) is -0.250. The topological polar surface area (TPSA) is 31.2 Å². The molecule has 0 spiro atoms. The molecular formula is C12H12ClNO2. The predicted octanol–water partition coefficient (Wildman–Crippen LogP) is 2.86. The van der Waals surface area contributed by atoms with Crippen LogP contribution in [0.15, 0.2) is 30.5 Å². The Bertz CT molecular complexity index is 519. The lowest BCUT2D eigenvalue weighted by Crippen LogP contribution is -2.12. The molecule has 0 aliphatic heterocycles. The first-order valence-electron chi connectivity index (χ1n) is 5.11. The molecule has 1 aromatic heterocycles. The highest BCUT2D eigenvalue weighted by Gasteiger charge is 2.08. The van der Waals surface area contributed by atoms with Gasteiger partial charge in [0.05, 0.1) is 17.1 Å². The van der Waals surface area contributed by atoms with E-state index < -0.39 is 0 Å². The molecule has 1 heterocycles. The molecule has 0 amide bonds. The summed E-state index contributed by atoms with van der Waals surface area (Å²) in [4.78, 5) is 11.4. The van der Waals surface area contributed by atoms with Gasteiger partial charge in [0.1, 0.15) is 6.54 Å².